The molecule has 9 nitrogen and oxygen atoms in total. The van der Waals surface area contributed by atoms with Crippen LogP contribution in [0.2, 0.25) is 0 Å². The summed E-state index contributed by atoms with van der Waals surface area (Å²) in [5, 5.41) is 8.33. The van der Waals surface area contributed by atoms with Crippen LogP contribution in [0.25, 0.3) is 22.3 Å². The number of hydrogen-bond acceptors (Lipinski definition) is 7. The standard InChI is InChI=1S/C28H29N5O4/c1-18(2)33-27-23(17-29-33)22(16-24(31-27)19-6-7-25-26(14-19)37-13-12-36-25)28(34)30-20-4-3-5-21(15-20)32-8-10-35-11-9-32/h3-7,14-18H,8-13H2,1-2H3,(H,30,34). The lowest BCUT2D eigenvalue weighted by Crippen LogP contribution is -2.36. The smallest absolute Gasteiger partial charge is 0.256 e. The highest BCUT2D eigenvalue weighted by atomic mass is 16.6. The van der Waals surface area contributed by atoms with Gasteiger partial charge >= 0.3 is 0 Å². The molecule has 1 saturated heterocycles. The molecule has 2 aliphatic heterocycles. The number of nitrogens with zero attached hydrogens (tertiary/aromatic N) is 4. The van der Waals surface area contributed by atoms with Crippen LogP contribution in [0, 0.1) is 0 Å². The van der Waals surface area contributed by atoms with Crippen molar-refractivity contribution in [2.24, 2.45) is 0 Å². The molecule has 2 aromatic heterocycles. The Balaban J connectivity index is 1.38. The van der Waals surface area contributed by atoms with Crippen LogP contribution in [-0.4, -0.2) is 60.2 Å². The fourth-order valence-corrected chi connectivity index (χ4v) is 4.73. The van der Waals surface area contributed by atoms with Gasteiger partial charge in [0.1, 0.15) is 13.2 Å². The minimum absolute atomic E-state index is 0.0848. The molecule has 4 aromatic rings. The molecule has 1 N–H and O–H groups in total. The average Bonchev–Trinajstić information content (AvgIpc) is 3.37. The molecule has 190 valence electrons. The highest BCUT2D eigenvalue weighted by Gasteiger charge is 2.21. The Morgan fingerprint density at radius 3 is 2.59 bits per heavy atom. The minimum Gasteiger partial charge on any atom is -0.486 e. The number of nitrogens with one attached hydrogen (secondary N) is 1. The van der Waals surface area contributed by atoms with E-state index in [1.54, 1.807) is 6.20 Å². The van der Waals surface area contributed by atoms with Crippen molar-refractivity contribution in [2.75, 3.05) is 49.7 Å². The number of fused-ring (bicyclic) bond motifs is 2. The zero-order valence-electron chi connectivity index (χ0n) is 20.9. The lowest BCUT2D eigenvalue weighted by molar-refractivity contribution is 0.102. The zero-order chi connectivity index (χ0) is 25.4. The second-order valence-electron chi connectivity index (χ2n) is 9.44. The van der Waals surface area contributed by atoms with Gasteiger partial charge in [-0.05, 0) is 56.3 Å². The summed E-state index contributed by atoms with van der Waals surface area (Å²) in [7, 11) is 0. The molecule has 2 aromatic carbocycles. The zero-order valence-corrected chi connectivity index (χ0v) is 20.9. The number of morpholine rings is 1. The number of hydrogen-bond donors (Lipinski definition) is 1. The van der Waals surface area contributed by atoms with Gasteiger partial charge in [-0.25, -0.2) is 9.67 Å². The summed E-state index contributed by atoms with van der Waals surface area (Å²) >= 11 is 0. The molecule has 0 aliphatic carbocycles. The molecular weight excluding hydrogens is 470 g/mol. The van der Waals surface area contributed by atoms with Crippen LogP contribution in [0.15, 0.2) is 54.7 Å². The Morgan fingerprint density at radius 1 is 0.973 bits per heavy atom. The summed E-state index contributed by atoms with van der Waals surface area (Å²) in [5.41, 5.74) is 4.47. The first kappa shape index (κ1) is 23.3. The van der Waals surface area contributed by atoms with Crippen LogP contribution in [0.4, 0.5) is 11.4 Å². The summed E-state index contributed by atoms with van der Waals surface area (Å²) in [6, 6.07) is 15.5. The normalized spacial score (nSPS) is 15.3. The first-order chi connectivity index (χ1) is 18.1. The molecule has 1 amide bonds. The summed E-state index contributed by atoms with van der Waals surface area (Å²) < 4.78 is 18.8. The SMILES string of the molecule is CC(C)n1ncc2c(C(=O)Nc3cccc(N4CCOCC4)c3)cc(-c3ccc4c(c3)OCCO4)nc21. The van der Waals surface area contributed by atoms with E-state index in [0.717, 1.165) is 30.0 Å². The minimum atomic E-state index is -0.214. The maximum Gasteiger partial charge on any atom is 0.256 e. The third kappa shape index (κ3) is 4.58. The first-order valence-electron chi connectivity index (χ1n) is 12.6. The van der Waals surface area contributed by atoms with Crippen molar-refractivity contribution in [3.05, 3.63) is 60.3 Å². The Labute approximate surface area is 215 Å². The van der Waals surface area contributed by atoms with E-state index in [1.165, 1.54) is 0 Å². The van der Waals surface area contributed by atoms with Crippen LogP contribution in [0.5, 0.6) is 11.5 Å². The number of anilines is 2. The van der Waals surface area contributed by atoms with Gasteiger partial charge in [-0.2, -0.15) is 5.10 Å². The van der Waals surface area contributed by atoms with E-state index < -0.39 is 0 Å². The van der Waals surface area contributed by atoms with Crippen molar-refractivity contribution in [1.82, 2.24) is 14.8 Å². The fraction of sp³-hybridized carbons (Fsp3) is 0.321. The second-order valence-corrected chi connectivity index (χ2v) is 9.44. The molecule has 6 rings (SSSR count). The van der Waals surface area contributed by atoms with Gasteiger partial charge in [0, 0.05) is 36.1 Å². The van der Waals surface area contributed by atoms with Crippen LogP contribution < -0.4 is 19.7 Å². The highest BCUT2D eigenvalue weighted by Crippen LogP contribution is 2.35. The number of benzene rings is 2. The molecule has 4 heterocycles. The number of carbonyl (C=O) groups is 1. The monoisotopic (exact) mass is 499 g/mol. The fourth-order valence-electron chi connectivity index (χ4n) is 4.73. The molecule has 1 fully saturated rings. The summed E-state index contributed by atoms with van der Waals surface area (Å²) in [4.78, 5) is 20.8. The average molecular weight is 500 g/mol. The van der Waals surface area contributed by atoms with Crippen LogP contribution in [0.1, 0.15) is 30.2 Å². The Morgan fingerprint density at radius 2 is 1.78 bits per heavy atom. The molecule has 2 aliphatic rings. The van der Waals surface area contributed by atoms with E-state index in [0.29, 0.717) is 60.2 Å². The van der Waals surface area contributed by atoms with Gasteiger partial charge in [0.05, 0.1) is 36.1 Å². The number of amides is 1. The molecular formula is C28H29N5O4. The maximum atomic E-state index is 13.7. The molecule has 37 heavy (non-hydrogen) atoms. The topological polar surface area (TPSA) is 90.7 Å². The first-order valence-corrected chi connectivity index (χ1v) is 12.6. The van der Waals surface area contributed by atoms with E-state index in [2.05, 4.69) is 21.4 Å². The number of carbonyl (C=O) groups excluding carboxylic acids is 1. The lowest BCUT2D eigenvalue weighted by Gasteiger charge is -2.29. The molecule has 0 radical (unpaired) electrons. The number of ether oxygens (including phenoxy) is 3. The van der Waals surface area contributed by atoms with E-state index in [4.69, 9.17) is 19.2 Å². The molecule has 0 spiro atoms. The predicted octanol–water partition coefficient (Wildman–Crippen LogP) is 4.54. The van der Waals surface area contributed by atoms with Crippen molar-refractivity contribution in [3.8, 4) is 22.8 Å². The van der Waals surface area contributed by atoms with Crippen molar-refractivity contribution < 1.29 is 19.0 Å². The number of pyridine rings is 1. The van der Waals surface area contributed by atoms with E-state index in [-0.39, 0.29) is 11.9 Å². The molecule has 9 heteroatoms. The Kier molecular flexibility index (Phi) is 6.13. The summed E-state index contributed by atoms with van der Waals surface area (Å²) in [6.45, 7) is 8.18. The highest BCUT2D eigenvalue weighted by molar-refractivity contribution is 6.12. The van der Waals surface area contributed by atoms with Crippen molar-refractivity contribution >= 4 is 28.3 Å². The van der Waals surface area contributed by atoms with Gasteiger partial charge in [-0.1, -0.05) is 6.07 Å². The van der Waals surface area contributed by atoms with Crippen molar-refractivity contribution in [2.45, 2.75) is 19.9 Å². The molecule has 0 bridgehead atoms. The van der Waals surface area contributed by atoms with Crippen molar-refractivity contribution in [1.29, 1.82) is 0 Å². The maximum absolute atomic E-state index is 13.7. The van der Waals surface area contributed by atoms with Gasteiger partial charge in [0.15, 0.2) is 17.1 Å². The third-order valence-corrected chi connectivity index (χ3v) is 6.62. The second kappa shape index (κ2) is 9.74. The number of rotatable bonds is 5. The van der Waals surface area contributed by atoms with Gasteiger partial charge < -0.3 is 24.4 Å². The Hall–Kier alpha value is -4.11. The Bertz CT molecular complexity index is 1460. The number of aromatic nitrogens is 3. The van der Waals surface area contributed by atoms with Gasteiger partial charge in [0.25, 0.3) is 5.91 Å². The largest absolute Gasteiger partial charge is 0.486 e. The van der Waals surface area contributed by atoms with Crippen molar-refractivity contribution in [3.63, 3.8) is 0 Å². The van der Waals surface area contributed by atoms with Crippen LogP contribution in [-0.2, 0) is 4.74 Å². The summed E-state index contributed by atoms with van der Waals surface area (Å²) in [6.07, 6.45) is 1.72. The predicted molar refractivity (Wildman–Crippen MR) is 142 cm³/mol. The third-order valence-electron chi connectivity index (χ3n) is 6.62. The van der Waals surface area contributed by atoms with Gasteiger partial charge in [-0.15, -0.1) is 0 Å². The molecule has 0 unspecified atom stereocenters. The van der Waals surface area contributed by atoms with E-state index in [1.807, 2.05) is 61.0 Å². The summed E-state index contributed by atoms with van der Waals surface area (Å²) in [5.74, 6) is 1.17. The molecule has 0 atom stereocenters. The molecule has 0 saturated carbocycles. The van der Waals surface area contributed by atoms with Crippen LogP contribution >= 0.6 is 0 Å². The quantitative estimate of drug-likeness (QED) is 0.431. The van der Waals surface area contributed by atoms with Gasteiger partial charge in [0.2, 0.25) is 0 Å². The van der Waals surface area contributed by atoms with E-state index >= 15 is 0 Å². The van der Waals surface area contributed by atoms with E-state index in [9.17, 15) is 4.79 Å². The van der Waals surface area contributed by atoms with Crippen LogP contribution in [0.3, 0.4) is 0 Å². The lowest BCUT2D eigenvalue weighted by atomic mass is 10.1. The van der Waals surface area contributed by atoms with Gasteiger partial charge in [-0.3, -0.25) is 4.79 Å².